The van der Waals surface area contributed by atoms with Crippen LogP contribution in [0.25, 0.3) is 0 Å². The maximum atomic E-state index is 11.4. The maximum absolute atomic E-state index is 11.4. The first-order chi connectivity index (χ1) is 12.9. The van der Waals surface area contributed by atoms with Crippen LogP contribution >= 0.6 is 0 Å². The van der Waals surface area contributed by atoms with E-state index in [1.165, 1.54) is 70.0 Å². The van der Waals surface area contributed by atoms with Crippen LogP contribution in [0.1, 0.15) is 111 Å². The lowest BCUT2D eigenvalue weighted by molar-refractivity contribution is -0.256. The summed E-state index contributed by atoms with van der Waals surface area (Å²) < 4.78 is 10.8. The van der Waals surface area contributed by atoms with Crippen molar-refractivity contribution in [3.63, 3.8) is 0 Å². The summed E-state index contributed by atoms with van der Waals surface area (Å²) in [6, 6.07) is 0. The van der Waals surface area contributed by atoms with Gasteiger partial charge in [-0.3, -0.25) is 4.79 Å². The second kappa shape index (κ2) is 12.7. The molecule has 1 unspecified atom stereocenters. The van der Waals surface area contributed by atoms with Gasteiger partial charge in [-0.2, -0.15) is 5.06 Å². The standard InChI is InChI=1S/C22H43NO4/c1-5-6-7-8-9-10-11-12-13-14-17-22(18-15-16-20(24)26-4)23(25)21(2,3)19-27-22/h25H,5-19H2,1-4H3. The monoisotopic (exact) mass is 385 g/mol. The van der Waals surface area contributed by atoms with Crippen molar-refractivity contribution in [2.45, 2.75) is 122 Å². The van der Waals surface area contributed by atoms with E-state index >= 15 is 0 Å². The fourth-order valence-corrected chi connectivity index (χ4v) is 3.97. The Morgan fingerprint density at radius 3 is 1.96 bits per heavy atom. The Kier molecular flexibility index (Phi) is 11.5. The van der Waals surface area contributed by atoms with Crippen LogP contribution in [0.5, 0.6) is 0 Å². The van der Waals surface area contributed by atoms with Gasteiger partial charge in [-0.1, -0.05) is 64.7 Å². The molecule has 0 aliphatic carbocycles. The molecule has 0 radical (unpaired) electrons. The number of hydrogen-bond donors (Lipinski definition) is 1. The first-order valence-electron chi connectivity index (χ1n) is 11.1. The van der Waals surface area contributed by atoms with Gasteiger partial charge < -0.3 is 14.7 Å². The average molecular weight is 386 g/mol. The molecule has 1 rings (SSSR count). The molecule has 0 aromatic heterocycles. The molecule has 1 heterocycles. The quantitative estimate of drug-likeness (QED) is 0.283. The SMILES string of the molecule is CCCCCCCCCCCCC1(CCCC(=O)OC)OCC(C)(C)N1O. The highest BCUT2D eigenvalue weighted by atomic mass is 16.6. The third-order valence-corrected chi connectivity index (χ3v) is 5.75. The van der Waals surface area contributed by atoms with Crippen LogP contribution in [0.4, 0.5) is 0 Å². The minimum atomic E-state index is -0.655. The van der Waals surface area contributed by atoms with Gasteiger partial charge in [-0.25, -0.2) is 0 Å². The molecule has 0 aromatic rings. The molecule has 0 spiro atoms. The predicted octanol–water partition coefficient (Wildman–Crippen LogP) is 5.84. The van der Waals surface area contributed by atoms with Crippen molar-refractivity contribution >= 4 is 5.97 Å². The summed E-state index contributed by atoms with van der Waals surface area (Å²) in [7, 11) is 1.41. The molecule has 1 aliphatic rings. The second-order valence-electron chi connectivity index (χ2n) is 8.72. The molecular formula is C22H43NO4. The summed E-state index contributed by atoms with van der Waals surface area (Å²) in [5.74, 6) is -0.203. The largest absolute Gasteiger partial charge is 0.469 e. The van der Waals surface area contributed by atoms with E-state index in [-0.39, 0.29) is 11.5 Å². The molecule has 160 valence electrons. The van der Waals surface area contributed by atoms with Crippen molar-refractivity contribution in [3.8, 4) is 0 Å². The summed E-state index contributed by atoms with van der Waals surface area (Å²) >= 11 is 0. The molecular weight excluding hydrogens is 342 g/mol. The number of hydrogen-bond acceptors (Lipinski definition) is 5. The Labute approximate surface area is 166 Å². The van der Waals surface area contributed by atoms with Crippen LogP contribution in [-0.2, 0) is 14.3 Å². The molecule has 1 aliphatic heterocycles. The second-order valence-corrected chi connectivity index (χ2v) is 8.72. The fourth-order valence-electron chi connectivity index (χ4n) is 3.97. The number of methoxy groups -OCH3 is 1. The Balaban J connectivity index is 2.31. The van der Waals surface area contributed by atoms with Crippen molar-refractivity contribution in [3.05, 3.63) is 0 Å². The molecule has 1 N–H and O–H groups in total. The van der Waals surface area contributed by atoms with Crippen molar-refractivity contribution in [2.75, 3.05) is 13.7 Å². The van der Waals surface area contributed by atoms with Gasteiger partial charge in [0.25, 0.3) is 0 Å². The lowest BCUT2D eigenvalue weighted by Gasteiger charge is -2.37. The summed E-state index contributed by atoms with van der Waals surface area (Å²) in [6.45, 7) is 6.76. The van der Waals surface area contributed by atoms with Crippen LogP contribution in [0, 0.1) is 0 Å². The van der Waals surface area contributed by atoms with E-state index in [0.29, 0.717) is 25.9 Å². The lowest BCUT2D eigenvalue weighted by atomic mass is 9.95. The zero-order chi connectivity index (χ0) is 20.2. The first-order valence-corrected chi connectivity index (χ1v) is 11.1. The van der Waals surface area contributed by atoms with Crippen LogP contribution in [0.15, 0.2) is 0 Å². The number of carbonyl (C=O) groups excluding carboxylic acids is 1. The average Bonchev–Trinajstić information content (AvgIpc) is 2.87. The first kappa shape index (κ1) is 24.4. The van der Waals surface area contributed by atoms with E-state index in [1.54, 1.807) is 0 Å². The molecule has 0 amide bonds. The number of hydroxylamine groups is 2. The maximum Gasteiger partial charge on any atom is 0.305 e. The van der Waals surface area contributed by atoms with E-state index in [0.717, 1.165) is 12.8 Å². The smallest absolute Gasteiger partial charge is 0.305 e. The molecule has 0 saturated carbocycles. The molecule has 5 nitrogen and oxygen atoms in total. The molecule has 1 saturated heterocycles. The van der Waals surface area contributed by atoms with Gasteiger partial charge in [0.2, 0.25) is 0 Å². The van der Waals surface area contributed by atoms with Gasteiger partial charge in [0, 0.05) is 6.42 Å². The number of ether oxygens (including phenoxy) is 2. The van der Waals surface area contributed by atoms with E-state index in [2.05, 4.69) is 6.92 Å². The third-order valence-electron chi connectivity index (χ3n) is 5.75. The molecule has 0 bridgehead atoms. The number of carbonyl (C=O) groups is 1. The van der Waals surface area contributed by atoms with Gasteiger partial charge in [-0.05, 0) is 39.5 Å². The Hall–Kier alpha value is -0.650. The minimum Gasteiger partial charge on any atom is -0.469 e. The number of nitrogens with zero attached hydrogens (tertiary/aromatic N) is 1. The number of unbranched alkanes of at least 4 members (excludes halogenated alkanes) is 9. The molecule has 1 fully saturated rings. The zero-order valence-corrected chi connectivity index (χ0v) is 18.2. The van der Waals surface area contributed by atoms with E-state index in [1.807, 2.05) is 13.8 Å². The van der Waals surface area contributed by atoms with Crippen LogP contribution in [0.2, 0.25) is 0 Å². The van der Waals surface area contributed by atoms with Crippen molar-refractivity contribution in [1.29, 1.82) is 0 Å². The van der Waals surface area contributed by atoms with E-state index in [9.17, 15) is 10.0 Å². The van der Waals surface area contributed by atoms with Gasteiger partial charge in [0.1, 0.15) is 5.72 Å². The van der Waals surface area contributed by atoms with E-state index < -0.39 is 5.72 Å². The Bertz CT molecular complexity index is 413. The van der Waals surface area contributed by atoms with Gasteiger partial charge >= 0.3 is 5.97 Å². The number of esters is 1. The van der Waals surface area contributed by atoms with Crippen molar-refractivity contribution < 1.29 is 19.5 Å². The van der Waals surface area contributed by atoms with Gasteiger partial charge in [-0.15, -0.1) is 0 Å². The molecule has 5 heteroatoms. The van der Waals surface area contributed by atoms with Crippen LogP contribution in [0.3, 0.4) is 0 Å². The molecule has 0 aromatic carbocycles. The summed E-state index contributed by atoms with van der Waals surface area (Å²) in [4.78, 5) is 11.4. The highest BCUT2D eigenvalue weighted by Crippen LogP contribution is 2.40. The highest BCUT2D eigenvalue weighted by molar-refractivity contribution is 5.69. The summed E-state index contributed by atoms with van der Waals surface area (Å²) in [5.41, 5.74) is -1.04. The third kappa shape index (κ3) is 8.49. The Morgan fingerprint density at radius 2 is 1.48 bits per heavy atom. The summed E-state index contributed by atoms with van der Waals surface area (Å²) in [5, 5.41) is 12.1. The summed E-state index contributed by atoms with van der Waals surface area (Å²) in [6.07, 6.45) is 15.4. The van der Waals surface area contributed by atoms with Gasteiger partial charge in [0.15, 0.2) is 0 Å². The predicted molar refractivity (Wildman–Crippen MR) is 109 cm³/mol. The van der Waals surface area contributed by atoms with Crippen LogP contribution in [-0.4, -0.2) is 41.2 Å². The Morgan fingerprint density at radius 1 is 0.963 bits per heavy atom. The number of rotatable bonds is 15. The topological polar surface area (TPSA) is 59.0 Å². The zero-order valence-electron chi connectivity index (χ0n) is 18.2. The molecule has 1 atom stereocenters. The molecule has 27 heavy (non-hydrogen) atoms. The highest BCUT2D eigenvalue weighted by Gasteiger charge is 2.50. The van der Waals surface area contributed by atoms with E-state index in [4.69, 9.17) is 9.47 Å². The normalized spacial score (nSPS) is 22.3. The minimum absolute atomic E-state index is 0.203. The lowest BCUT2D eigenvalue weighted by Crippen LogP contribution is -2.50. The fraction of sp³-hybridized carbons (Fsp3) is 0.955. The van der Waals surface area contributed by atoms with Crippen molar-refractivity contribution in [2.24, 2.45) is 0 Å². The van der Waals surface area contributed by atoms with Crippen molar-refractivity contribution in [1.82, 2.24) is 5.06 Å². The van der Waals surface area contributed by atoms with Crippen LogP contribution < -0.4 is 0 Å². The van der Waals surface area contributed by atoms with Gasteiger partial charge in [0.05, 0.1) is 19.3 Å².